The van der Waals surface area contributed by atoms with Gasteiger partial charge in [0.1, 0.15) is 0 Å². The summed E-state index contributed by atoms with van der Waals surface area (Å²) in [5, 5.41) is 23.2. The number of amides is 1. The van der Waals surface area contributed by atoms with Gasteiger partial charge in [-0.05, 0) is 23.3 Å². The smallest absolute Gasteiger partial charge is 0.335 e. The molecule has 0 saturated carbocycles. The summed E-state index contributed by atoms with van der Waals surface area (Å²) >= 11 is 1.36. The first-order chi connectivity index (χ1) is 12.5. The van der Waals surface area contributed by atoms with Gasteiger partial charge in [-0.25, -0.2) is 10.2 Å². The fourth-order valence-corrected chi connectivity index (χ4v) is 2.68. The molecule has 8 nitrogen and oxygen atoms in total. The molecule has 0 fully saturated rings. The zero-order chi connectivity index (χ0) is 18.9. The van der Waals surface area contributed by atoms with Gasteiger partial charge >= 0.3 is 5.97 Å². The van der Waals surface area contributed by atoms with E-state index in [2.05, 4.69) is 10.5 Å². The Morgan fingerprint density at radius 2 is 1.81 bits per heavy atom. The summed E-state index contributed by atoms with van der Waals surface area (Å²) in [6.07, 6.45) is 1.42. The van der Waals surface area contributed by atoms with Crippen LogP contribution < -0.4 is 5.43 Å². The number of nitro benzene ring substituents is 1. The number of carboxylic acid groups (broad SMARTS) is 1. The molecule has 0 unspecified atom stereocenters. The number of aromatic carboxylic acids is 1. The summed E-state index contributed by atoms with van der Waals surface area (Å²) in [5.74, 6) is -0.555. The van der Waals surface area contributed by atoms with Crippen molar-refractivity contribution in [2.45, 2.75) is 5.75 Å². The van der Waals surface area contributed by atoms with E-state index >= 15 is 0 Å². The van der Waals surface area contributed by atoms with Crippen molar-refractivity contribution < 1.29 is 19.6 Å². The number of thioether (sulfide) groups is 1. The number of nitro groups is 1. The highest BCUT2D eigenvalue weighted by molar-refractivity contribution is 7.99. The Labute approximate surface area is 153 Å². The highest BCUT2D eigenvalue weighted by atomic mass is 32.2. The van der Waals surface area contributed by atoms with Crippen molar-refractivity contribution in [1.82, 2.24) is 5.43 Å². The van der Waals surface area contributed by atoms with E-state index in [1.807, 2.05) is 0 Å². The number of carbonyl (C=O) groups excluding carboxylic acids is 1. The maximum absolute atomic E-state index is 11.7. The van der Waals surface area contributed by atoms with Crippen LogP contribution in [0.5, 0.6) is 0 Å². The second-order valence-electron chi connectivity index (χ2n) is 5.14. The number of benzene rings is 2. The molecule has 0 aliphatic carbocycles. The lowest BCUT2D eigenvalue weighted by Gasteiger charge is -2.01. The van der Waals surface area contributed by atoms with E-state index < -0.39 is 10.9 Å². The van der Waals surface area contributed by atoms with Crippen LogP contribution in [0.3, 0.4) is 0 Å². The number of carbonyl (C=O) groups is 2. The van der Waals surface area contributed by atoms with Gasteiger partial charge in [-0.3, -0.25) is 14.9 Å². The van der Waals surface area contributed by atoms with Crippen molar-refractivity contribution >= 4 is 35.5 Å². The molecule has 0 spiro atoms. The Morgan fingerprint density at radius 3 is 2.38 bits per heavy atom. The van der Waals surface area contributed by atoms with Crippen molar-refractivity contribution in [2.75, 3.05) is 5.75 Å². The van der Waals surface area contributed by atoms with Crippen LogP contribution in [0.25, 0.3) is 0 Å². The molecule has 2 aromatic carbocycles. The molecule has 0 aromatic heterocycles. The fraction of sp³-hybridized carbons (Fsp3) is 0.118. The quantitative estimate of drug-likeness (QED) is 0.417. The van der Waals surface area contributed by atoms with E-state index in [1.165, 1.54) is 42.2 Å². The third-order valence-electron chi connectivity index (χ3n) is 3.21. The monoisotopic (exact) mass is 373 g/mol. The second-order valence-corrected chi connectivity index (χ2v) is 6.12. The zero-order valence-electron chi connectivity index (χ0n) is 13.5. The normalized spacial score (nSPS) is 10.6. The SMILES string of the molecule is O=C(CSCc1ccc([N+](=O)[O-])cc1)N/N=C\c1ccc(C(=O)O)cc1. The van der Waals surface area contributed by atoms with Crippen molar-refractivity contribution in [3.05, 3.63) is 75.3 Å². The standard InChI is InChI=1S/C17H15N3O5S/c21-16(11-26-10-13-3-7-15(8-4-13)20(24)25)19-18-9-12-1-5-14(6-2-12)17(22)23/h1-9H,10-11H2,(H,19,21)(H,22,23)/b18-9-. The lowest BCUT2D eigenvalue weighted by molar-refractivity contribution is -0.384. The van der Waals surface area contributed by atoms with Gasteiger partial charge in [0.2, 0.25) is 5.91 Å². The van der Waals surface area contributed by atoms with Crippen molar-refractivity contribution in [2.24, 2.45) is 5.10 Å². The van der Waals surface area contributed by atoms with Crippen molar-refractivity contribution in [3.63, 3.8) is 0 Å². The zero-order valence-corrected chi connectivity index (χ0v) is 14.3. The topological polar surface area (TPSA) is 122 Å². The van der Waals surface area contributed by atoms with E-state index in [4.69, 9.17) is 5.11 Å². The number of nitrogens with zero attached hydrogens (tertiary/aromatic N) is 2. The van der Waals surface area contributed by atoms with Crippen LogP contribution >= 0.6 is 11.8 Å². The molecule has 0 heterocycles. The van der Waals surface area contributed by atoms with Crippen LogP contribution in [-0.4, -0.2) is 33.9 Å². The molecule has 2 N–H and O–H groups in total. The Bertz CT molecular complexity index is 819. The van der Waals surface area contributed by atoms with Gasteiger partial charge in [-0.2, -0.15) is 5.10 Å². The van der Waals surface area contributed by atoms with E-state index in [1.54, 1.807) is 24.3 Å². The number of hydrogen-bond donors (Lipinski definition) is 2. The lowest BCUT2D eigenvalue weighted by Crippen LogP contribution is -2.19. The van der Waals surface area contributed by atoms with Crippen LogP contribution in [0.4, 0.5) is 5.69 Å². The van der Waals surface area contributed by atoms with E-state index in [0.29, 0.717) is 11.3 Å². The van der Waals surface area contributed by atoms with Gasteiger partial charge in [0.15, 0.2) is 0 Å². The molecule has 0 radical (unpaired) electrons. The molecule has 0 aliphatic heterocycles. The average Bonchev–Trinajstić information content (AvgIpc) is 2.62. The summed E-state index contributed by atoms with van der Waals surface area (Å²) < 4.78 is 0. The van der Waals surface area contributed by atoms with Gasteiger partial charge in [-0.15, -0.1) is 11.8 Å². The first kappa shape index (κ1) is 19.1. The third-order valence-corrected chi connectivity index (χ3v) is 4.21. The van der Waals surface area contributed by atoms with Crippen LogP contribution in [0.1, 0.15) is 21.5 Å². The molecule has 1 amide bonds. The van der Waals surface area contributed by atoms with E-state index in [9.17, 15) is 19.7 Å². The maximum atomic E-state index is 11.7. The van der Waals surface area contributed by atoms with Crippen LogP contribution in [0.15, 0.2) is 53.6 Å². The number of rotatable bonds is 8. The summed E-state index contributed by atoms with van der Waals surface area (Å²) in [4.78, 5) is 32.6. The first-order valence-electron chi connectivity index (χ1n) is 7.42. The lowest BCUT2D eigenvalue weighted by atomic mass is 10.1. The average molecular weight is 373 g/mol. The highest BCUT2D eigenvalue weighted by Gasteiger charge is 2.05. The van der Waals surface area contributed by atoms with Gasteiger partial charge < -0.3 is 5.11 Å². The third kappa shape index (κ3) is 6.02. The van der Waals surface area contributed by atoms with Crippen molar-refractivity contribution in [3.8, 4) is 0 Å². The Hall–Kier alpha value is -3.20. The second kappa shape index (κ2) is 9.33. The molecule has 0 bridgehead atoms. The molecule has 0 saturated heterocycles. The molecule has 9 heteroatoms. The summed E-state index contributed by atoms with van der Waals surface area (Å²) in [7, 11) is 0. The van der Waals surface area contributed by atoms with Gasteiger partial charge in [0, 0.05) is 17.9 Å². The molecule has 0 atom stereocenters. The van der Waals surface area contributed by atoms with Crippen LogP contribution in [-0.2, 0) is 10.5 Å². The summed E-state index contributed by atoms with van der Waals surface area (Å²) in [5.41, 5.74) is 4.13. The van der Waals surface area contributed by atoms with Crippen LogP contribution in [0, 0.1) is 10.1 Å². The molecule has 2 aromatic rings. The van der Waals surface area contributed by atoms with E-state index in [0.717, 1.165) is 5.56 Å². The predicted molar refractivity (Wildman–Crippen MR) is 98.4 cm³/mol. The number of non-ortho nitro benzene ring substituents is 1. The maximum Gasteiger partial charge on any atom is 0.335 e. The largest absolute Gasteiger partial charge is 0.478 e. The Balaban J connectivity index is 1.73. The number of carboxylic acids is 1. The summed E-state index contributed by atoms with van der Waals surface area (Å²) in [6.45, 7) is 0. The highest BCUT2D eigenvalue weighted by Crippen LogP contribution is 2.16. The number of nitrogens with one attached hydrogen (secondary N) is 1. The first-order valence-corrected chi connectivity index (χ1v) is 8.57. The van der Waals surface area contributed by atoms with Crippen LogP contribution in [0.2, 0.25) is 0 Å². The van der Waals surface area contributed by atoms with Gasteiger partial charge in [0.05, 0.1) is 22.5 Å². The fourth-order valence-electron chi connectivity index (χ4n) is 1.90. The minimum absolute atomic E-state index is 0.0298. The Kier molecular flexibility index (Phi) is 6.86. The molecule has 134 valence electrons. The van der Waals surface area contributed by atoms with Gasteiger partial charge in [-0.1, -0.05) is 24.3 Å². The molecule has 0 aliphatic rings. The minimum atomic E-state index is -1.01. The molecular formula is C17H15N3O5S. The predicted octanol–water partition coefficient (Wildman–Crippen LogP) is 2.68. The summed E-state index contributed by atoms with van der Waals surface area (Å²) in [6, 6.07) is 12.2. The van der Waals surface area contributed by atoms with Gasteiger partial charge in [0.25, 0.3) is 5.69 Å². The minimum Gasteiger partial charge on any atom is -0.478 e. The molecule has 26 heavy (non-hydrogen) atoms. The number of hydrogen-bond acceptors (Lipinski definition) is 6. The molecule has 2 rings (SSSR count). The Morgan fingerprint density at radius 1 is 1.15 bits per heavy atom. The number of hydrazone groups is 1. The van der Waals surface area contributed by atoms with E-state index in [-0.39, 0.29) is 22.9 Å². The molecular weight excluding hydrogens is 358 g/mol. The van der Waals surface area contributed by atoms with Crippen molar-refractivity contribution in [1.29, 1.82) is 0 Å².